The monoisotopic (exact) mass is 305 g/mol. The number of carbonyl (C=O) groups excluding carboxylic acids is 1. The Balaban J connectivity index is 2.12. The maximum Gasteiger partial charge on any atom is 0.349 e. The maximum absolute atomic E-state index is 12.0. The summed E-state index contributed by atoms with van der Waals surface area (Å²) >= 11 is 0. The third-order valence-corrected chi connectivity index (χ3v) is 3.14. The van der Waals surface area contributed by atoms with Crippen molar-refractivity contribution in [3.8, 4) is 5.75 Å². The van der Waals surface area contributed by atoms with Gasteiger partial charge in [-0.25, -0.2) is 4.79 Å². The van der Waals surface area contributed by atoms with Gasteiger partial charge in [-0.05, 0) is 31.5 Å². The average Bonchev–Trinajstić information content (AvgIpc) is 2.53. The summed E-state index contributed by atoms with van der Waals surface area (Å²) in [5.41, 5.74) is -0.283. The van der Waals surface area contributed by atoms with Gasteiger partial charge in [0.15, 0.2) is 0 Å². The quantitative estimate of drug-likeness (QED) is 0.625. The van der Waals surface area contributed by atoms with Crippen molar-refractivity contribution in [1.29, 1.82) is 0 Å². The normalized spacial score (nSPS) is 10.6. The fourth-order valence-corrected chi connectivity index (χ4v) is 1.99. The van der Waals surface area contributed by atoms with Crippen LogP contribution in [-0.4, -0.2) is 32.8 Å². The Morgan fingerprint density at radius 3 is 2.86 bits per heavy atom. The van der Waals surface area contributed by atoms with Gasteiger partial charge in [-0.15, -0.1) is 0 Å². The fraction of sp³-hybridized carbons (Fsp3) is 0.375. The molecule has 118 valence electrons. The van der Waals surface area contributed by atoms with Gasteiger partial charge in [0.25, 0.3) is 5.91 Å². The molecule has 2 rings (SSSR count). The summed E-state index contributed by atoms with van der Waals surface area (Å²) in [6, 6.07) is 6.62. The number of rotatable bonds is 7. The lowest BCUT2D eigenvalue weighted by Gasteiger charge is -2.06. The Hall–Kier alpha value is -2.34. The zero-order valence-electron chi connectivity index (χ0n) is 12.7. The molecule has 0 aliphatic heterocycles. The highest BCUT2D eigenvalue weighted by Crippen LogP contribution is 2.20. The van der Waals surface area contributed by atoms with Crippen molar-refractivity contribution < 1.29 is 18.7 Å². The van der Waals surface area contributed by atoms with Gasteiger partial charge in [0.1, 0.15) is 16.9 Å². The highest BCUT2D eigenvalue weighted by Gasteiger charge is 2.13. The minimum atomic E-state index is -0.664. The van der Waals surface area contributed by atoms with E-state index in [2.05, 4.69) is 5.32 Å². The average molecular weight is 305 g/mol. The van der Waals surface area contributed by atoms with Crippen LogP contribution in [0.4, 0.5) is 0 Å². The Labute approximate surface area is 128 Å². The summed E-state index contributed by atoms with van der Waals surface area (Å²) in [6.07, 6.45) is 0.690. The highest BCUT2D eigenvalue weighted by molar-refractivity contribution is 5.96. The molecule has 1 aromatic carbocycles. The molecule has 0 spiro atoms. The molecule has 0 saturated carbocycles. The first-order valence-electron chi connectivity index (χ1n) is 7.13. The van der Waals surface area contributed by atoms with Gasteiger partial charge >= 0.3 is 5.63 Å². The Morgan fingerprint density at radius 2 is 2.14 bits per heavy atom. The standard InChI is InChI=1S/C16H19NO5/c1-3-21-8-4-7-17-15(18)13-9-11-5-6-12(20-2)10-14(11)22-16(13)19/h5-6,9-10H,3-4,7-8H2,1-2H3,(H,17,18). The lowest BCUT2D eigenvalue weighted by Crippen LogP contribution is -2.29. The van der Waals surface area contributed by atoms with Crippen molar-refractivity contribution in [3.63, 3.8) is 0 Å². The van der Waals surface area contributed by atoms with Crippen LogP contribution in [0.15, 0.2) is 33.5 Å². The van der Waals surface area contributed by atoms with Crippen LogP contribution in [0.5, 0.6) is 5.75 Å². The van der Waals surface area contributed by atoms with E-state index in [0.717, 1.165) is 0 Å². The van der Waals surface area contributed by atoms with E-state index in [1.54, 1.807) is 18.2 Å². The lowest BCUT2D eigenvalue weighted by atomic mass is 10.1. The molecule has 1 heterocycles. The molecule has 1 amide bonds. The molecule has 0 saturated heterocycles. The van der Waals surface area contributed by atoms with E-state index in [1.807, 2.05) is 6.92 Å². The first-order chi connectivity index (χ1) is 10.7. The van der Waals surface area contributed by atoms with Crippen LogP contribution in [0.3, 0.4) is 0 Å². The molecule has 0 fully saturated rings. The number of benzene rings is 1. The van der Waals surface area contributed by atoms with Crippen molar-refractivity contribution in [2.45, 2.75) is 13.3 Å². The first kappa shape index (κ1) is 16.0. The van der Waals surface area contributed by atoms with E-state index in [1.165, 1.54) is 13.2 Å². The molecular formula is C16H19NO5. The zero-order chi connectivity index (χ0) is 15.9. The number of fused-ring (bicyclic) bond motifs is 1. The van der Waals surface area contributed by atoms with Crippen LogP contribution in [0, 0.1) is 0 Å². The predicted octanol–water partition coefficient (Wildman–Crippen LogP) is 1.96. The number of carbonyl (C=O) groups is 1. The van der Waals surface area contributed by atoms with Gasteiger partial charge in [-0.1, -0.05) is 0 Å². The van der Waals surface area contributed by atoms with Gasteiger partial charge in [0.2, 0.25) is 0 Å². The minimum Gasteiger partial charge on any atom is -0.497 e. The van der Waals surface area contributed by atoms with Crippen LogP contribution < -0.4 is 15.7 Å². The molecule has 0 aliphatic carbocycles. The van der Waals surface area contributed by atoms with Gasteiger partial charge in [-0.3, -0.25) is 4.79 Å². The maximum atomic E-state index is 12.0. The topological polar surface area (TPSA) is 77.8 Å². The number of ether oxygens (including phenoxy) is 2. The van der Waals surface area contributed by atoms with Crippen molar-refractivity contribution >= 4 is 16.9 Å². The van der Waals surface area contributed by atoms with E-state index in [9.17, 15) is 9.59 Å². The van der Waals surface area contributed by atoms with E-state index in [0.29, 0.717) is 42.9 Å². The summed E-state index contributed by atoms with van der Waals surface area (Å²) in [5, 5.41) is 3.35. The van der Waals surface area contributed by atoms with E-state index in [-0.39, 0.29) is 5.56 Å². The number of nitrogens with one attached hydrogen (secondary N) is 1. The van der Waals surface area contributed by atoms with E-state index < -0.39 is 11.5 Å². The predicted molar refractivity (Wildman–Crippen MR) is 82.5 cm³/mol. The van der Waals surface area contributed by atoms with Crippen LogP contribution >= 0.6 is 0 Å². The third-order valence-electron chi connectivity index (χ3n) is 3.14. The van der Waals surface area contributed by atoms with Gasteiger partial charge < -0.3 is 19.2 Å². The summed E-state index contributed by atoms with van der Waals surface area (Å²) in [7, 11) is 1.53. The number of amides is 1. The smallest absolute Gasteiger partial charge is 0.349 e. The second-order valence-electron chi connectivity index (χ2n) is 4.66. The molecular weight excluding hydrogens is 286 g/mol. The Morgan fingerprint density at radius 1 is 1.32 bits per heavy atom. The largest absolute Gasteiger partial charge is 0.497 e. The molecule has 22 heavy (non-hydrogen) atoms. The van der Waals surface area contributed by atoms with Crippen molar-refractivity contribution in [1.82, 2.24) is 5.32 Å². The zero-order valence-corrected chi connectivity index (χ0v) is 12.7. The molecule has 1 N–H and O–H groups in total. The molecule has 6 heteroatoms. The molecule has 6 nitrogen and oxygen atoms in total. The van der Waals surface area contributed by atoms with Crippen molar-refractivity contribution in [2.75, 3.05) is 26.9 Å². The van der Waals surface area contributed by atoms with Crippen LogP contribution in [0.25, 0.3) is 11.0 Å². The molecule has 0 aliphatic rings. The lowest BCUT2D eigenvalue weighted by molar-refractivity contribution is 0.0941. The number of hydrogen-bond donors (Lipinski definition) is 1. The molecule has 0 unspecified atom stereocenters. The molecule has 0 radical (unpaired) electrons. The van der Waals surface area contributed by atoms with Crippen LogP contribution in [-0.2, 0) is 4.74 Å². The summed E-state index contributed by atoms with van der Waals surface area (Å²) in [5.74, 6) is 0.145. The summed E-state index contributed by atoms with van der Waals surface area (Å²) < 4.78 is 15.4. The van der Waals surface area contributed by atoms with Gasteiger partial charge in [0.05, 0.1) is 7.11 Å². The first-order valence-corrected chi connectivity index (χ1v) is 7.13. The van der Waals surface area contributed by atoms with Gasteiger partial charge in [-0.2, -0.15) is 0 Å². The molecule has 0 bridgehead atoms. The fourth-order valence-electron chi connectivity index (χ4n) is 1.99. The van der Waals surface area contributed by atoms with Crippen molar-refractivity contribution in [2.24, 2.45) is 0 Å². The number of methoxy groups -OCH3 is 1. The summed E-state index contributed by atoms with van der Waals surface area (Å²) in [4.78, 5) is 23.9. The number of hydrogen-bond acceptors (Lipinski definition) is 5. The Kier molecular flexibility index (Phi) is 5.55. The summed E-state index contributed by atoms with van der Waals surface area (Å²) in [6.45, 7) is 3.57. The Bertz CT molecular complexity index is 707. The molecule has 1 aromatic heterocycles. The van der Waals surface area contributed by atoms with E-state index >= 15 is 0 Å². The second-order valence-corrected chi connectivity index (χ2v) is 4.66. The highest BCUT2D eigenvalue weighted by atomic mass is 16.5. The molecule has 0 atom stereocenters. The van der Waals surface area contributed by atoms with Crippen LogP contribution in [0.1, 0.15) is 23.7 Å². The van der Waals surface area contributed by atoms with E-state index in [4.69, 9.17) is 13.9 Å². The van der Waals surface area contributed by atoms with Crippen molar-refractivity contribution in [3.05, 3.63) is 40.2 Å². The third kappa shape index (κ3) is 3.85. The van der Waals surface area contributed by atoms with Crippen LogP contribution in [0.2, 0.25) is 0 Å². The molecule has 2 aromatic rings. The van der Waals surface area contributed by atoms with Gasteiger partial charge in [0, 0.05) is 31.2 Å². The second kappa shape index (κ2) is 7.61. The SMILES string of the molecule is CCOCCCNC(=O)c1cc2ccc(OC)cc2oc1=O. The minimum absolute atomic E-state index is 0.00548.